The lowest BCUT2D eigenvalue weighted by molar-refractivity contribution is -0.0767. The third-order valence-corrected chi connectivity index (χ3v) is 4.51. The Kier molecular flexibility index (Phi) is 4.22. The van der Waals surface area contributed by atoms with Crippen LogP contribution >= 0.6 is 15.9 Å². The lowest BCUT2D eigenvalue weighted by Crippen LogP contribution is -2.35. The summed E-state index contributed by atoms with van der Waals surface area (Å²) >= 11 is 3.40. The summed E-state index contributed by atoms with van der Waals surface area (Å²) in [6, 6.07) is 0. The summed E-state index contributed by atoms with van der Waals surface area (Å²) in [4.78, 5) is 9.03. The van der Waals surface area contributed by atoms with Crippen molar-refractivity contribution in [3.05, 3.63) is 16.0 Å². The zero-order chi connectivity index (χ0) is 13.2. The molecule has 0 amide bonds. The molecule has 0 bridgehead atoms. The molecule has 2 rings (SSSR count). The molecule has 1 aliphatic carbocycles. The minimum Gasteiger partial charge on any atom is -0.383 e. The largest absolute Gasteiger partial charge is 0.383 e. The maximum absolute atomic E-state index is 6.01. The van der Waals surface area contributed by atoms with Crippen LogP contribution in [0.4, 0.5) is 5.82 Å². The van der Waals surface area contributed by atoms with Gasteiger partial charge in [-0.25, -0.2) is 9.97 Å². The molecule has 18 heavy (non-hydrogen) atoms. The average molecular weight is 314 g/mol. The summed E-state index contributed by atoms with van der Waals surface area (Å²) in [6.45, 7) is 4.64. The molecule has 0 radical (unpaired) electrons. The highest BCUT2D eigenvalue weighted by Crippen LogP contribution is 2.39. The zero-order valence-electron chi connectivity index (χ0n) is 11.0. The second-order valence-electron chi connectivity index (χ2n) is 4.82. The molecule has 1 aromatic heterocycles. The van der Waals surface area contributed by atoms with Crippen molar-refractivity contribution in [3.63, 3.8) is 0 Å². The quantitative estimate of drug-likeness (QED) is 0.929. The number of aromatic nitrogens is 2. The van der Waals surface area contributed by atoms with Crippen molar-refractivity contribution in [1.29, 1.82) is 0 Å². The van der Waals surface area contributed by atoms with E-state index in [1.807, 2.05) is 13.8 Å². The fourth-order valence-electron chi connectivity index (χ4n) is 2.62. The first kappa shape index (κ1) is 13.7. The van der Waals surface area contributed by atoms with E-state index in [2.05, 4.69) is 25.9 Å². The van der Waals surface area contributed by atoms with E-state index in [0.717, 1.165) is 28.8 Å². The fraction of sp³-hybridized carbons (Fsp3) is 0.692. The molecule has 0 aromatic carbocycles. The van der Waals surface area contributed by atoms with Crippen LogP contribution in [0.1, 0.15) is 50.5 Å². The molecule has 0 unspecified atom stereocenters. The van der Waals surface area contributed by atoms with Crippen LogP contribution in [0.25, 0.3) is 0 Å². The minimum absolute atomic E-state index is 0.327. The summed E-state index contributed by atoms with van der Waals surface area (Å²) in [5.74, 6) is 1.25. The molecular formula is C13H20BrN3O. The van der Waals surface area contributed by atoms with Crippen LogP contribution in [0.15, 0.2) is 4.47 Å². The van der Waals surface area contributed by atoms with Crippen LogP contribution in [0, 0.1) is 6.92 Å². The van der Waals surface area contributed by atoms with Crippen molar-refractivity contribution in [2.24, 2.45) is 0 Å². The van der Waals surface area contributed by atoms with Gasteiger partial charge in [0.15, 0.2) is 5.82 Å². The van der Waals surface area contributed by atoms with Gasteiger partial charge in [-0.3, -0.25) is 0 Å². The molecule has 1 aromatic rings. The smallest absolute Gasteiger partial charge is 0.162 e. The SMILES string of the molecule is CCOC1(c2nc(C)c(Br)c(N)n2)CCCCC1. The second kappa shape index (κ2) is 5.53. The van der Waals surface area contributed by atoms with Crippen LogP contribution in [-0.2, 0) is 10.3 Å². The second-order valence-corrected chi connectivity index (χ2v) is 5.61. The molecule has 0 spiro atoms. The normalized spacial score (nSPS) is 18.8. The Hall–Kier alpha value is -0.680. The van der Waals surface area contributed by atoms with E-state index < -0.39 is 0 Å². The summed E-state index contributed by atoms with van der Waals surface area (Å²) in [5.41, 5.74) is 6.48. The third-order valence-electron chi connectivity index (χ3n) is 3.53. The predicted molar refractivity (Wildman–Crippen MR) is 75.3 cm³/mol. The van der Waals surface area contributed by atoms with Crippen molar-refractivity contribution in [3.8, 4) is 0 Å². The molecule has 5 heteroatoms. The number of ether oxygens (including phenoxy) is 1. The first-order chi connectivity index (χ1) is 8.59. The topological polar surface area (TPSA) is 61.0 Å². The maximum atomic E-state index is 6.01. The fourth-order valence-corrected chi connectivity index (χ4v) is 2.79. The Morgan fingerprint density at radius 1 is 1.28 bits per heavy atom. The van der Waals surface area contributed by atoms with Gasteiger partial charge < -0.3 is 10.5 Å². The molecule has 100 valence electrons. The van der Waals surface area contributed by atoms with Gasteiger partial charge in [0.05, 0.1) is 10.2 Å². The van der Waals surface area contributed by atoms with Gasteiger partial charge >= 0.3 is 0 Å². The lowest BCUT2D eigenvalue weighted by atomic mass is 9.83. The van der Waals surface area contributed by atoms with Crippen LogP contribution in [0.5, 0.6) is 0 Å². The monoisotopic (exact) mass is 313 g/mol. The highest BCUT2D eigenvalue weighted by atomic mass is 79.9. The summed E-state index contributed by atoms with van der Waals surface area (Å²) in [6.07, 6.45) is 5.57. The van der Waals surface area contributed by atoms with Gasteiger partial charge in [0.2, 0.25) is 0 Å². The molecule has 2 N–H and O–H groups in total. The van der Waals surface area contributed by atoms with E-state index in [1.54, 1.807) is 0 Å². The van der Waals surface area contributed by atoms with E-state index >= 15 is 0 Å². The van der Waals surface area contributed by atoms with E-state index in [4.69, 9.17) is 10.5 Å². The van der Waals surface area contributed by atoms with Crippen molar-refractivity contribution in [1.82, 2.24) is 9.97 Å². The van der Waals surface area contributed by atoms with E-state index in [0.29, 0.717) is 12.4 Å². The predicted octanol–water partition coefficient (Wildman–Crippen LogP) is 3.33. The zero-order valence-corrected chi connectivity index (χ0v) is 12.6. The third kappa shape index (κ3) is 2.52. The standard InChI is InChI=1S/C13H20BrN3O/c1-3-18-13(7-5-4-6-8-13)12-16-9(2)10(14)11(15)17-12/h3-8H2,1-2H3,(H2,15,16,17). The number of nitrogens with two attached hydrogens (primary N) is 1. The highest BCUT2D eigenvalue weighted by molar-refractivity contribution is 9.10. The van der Waals surface area contributed by atoms with Gasteiger partial charge in [0, 0.05) is 6.61 Å². The van der Waals surface area contributed by atoms with Crippen LogP contribution < -0.4 is 5.73 Å². The average Bonchev–Trinajstić information content (AvgIpc) is 2.37. The molecule has 0 atom stereocenters. The van der Waals surface area contributed by atoms with Crippen molar-refractivity contribution >= 4 is 21.7 Å². The van der Waals surface area contributed by atoms with Crippen LogP contribution in [0.3, 0.4) is 0 Å². The summed E-state index contributed by atoms with van der Waals surface area (Å²) in [7, 11) is 0. The molecule has 1 saturated carbocycles. The van der Waals surface area contributed by atoms with Gasteiger partial charge in [-0.2, -0.15) is 0 Å². The summed E-state index contributed by atoms with van der Waals surface area (Å²) in [5, 5.41) is 0. The van der Waals surface area contributed by atoms with Gasteiger partial charge in [-0.1, -0.05) is 19.3 Å². The number of nitrogens with zero attached hydrogens (tertiary/aromatic N) is 2. The minimum atomic E-state index is -0.327. The van der Waals surface area contributed by atoms with Gasteiger partial charge in [0.1, 0.15) is 11.4 Å². The Labute approximate surface area is 116 Å². The molecule has 4 nitrogen and oxygen atoms in total. The first-order valence-electron chi connectivity index (χ1n) is 6.53. The first-order valence-corrected chi connectivity index (χ1v) is 7.32. The number of hydrogen-bond acceptors (Lipinski definition) is 4. The van der Waals surface area contributed by atoms with E-state index in [9.17, 15) is 0 Å². The number of anilines is 1. The number of aryl methyl sites for hydroxylation is 1. The molecule has 1 aliphatic rings. The molecule has 1 heterocycles. The maximum Gasteiger partial charge on any atom is 0.162 e. The lowest BCUT2D eigenvalue weighted by Gasteiger charge is -2.35. The number of halogens is 1. The van der Waals surface area contributed by atoms with Gasteiger partial charge in [0.25, 0.3) is 0 Å². The van der Waals surface area contributed by atoms with Crippen LogP contribution in [-0.4, -0.2) is 16.6 Å². The molecule has 0 aliphatic heterocycles. The number of nitrogen functional groups attached to an aromatic ring is 1. The van der Waals surface area contributed by atoms with Crippen LogP contribution in [0.2, 0.25) is 0 Å². The molecular weight excluding hydrogens is 294 g/mol. The Morgan fingerprint density at radius 2 is 1.94 bits per heavy atom. The number of hydrogen-bond donors (Lipinski definition) is 1. The molecule has 0 saturated heterocycles. The van der Waals surface area contributed by atoms with Crippen molar-refractivity contribution in [2.45, 2.75) is 51.6 Å². The summed E-state index contributed by atoms with van der Waals surface area (Å²) < 4.78 is 6.80. The van der Waals surface area contributed by atoms with E-state index in [-0.39, 0.29) is 5.60 Å². The highest BCUT2D eigenvalue weighted by Gasteiger charge is 2.38. The van der Waals surface area contributed by atoms with Crippen molar-refractivity contribution in [2.75, 3.05) is 12.3 Å². The Balaban J connectivity index is 2.42. The Morgan fingerprint density at radius 3 is 2.50 bits per heavy atom. The Bertz CT molecular complexity index is 402. The van der Waals surface area contributed by atoms with Gasteiger partial charge in [-0.05, 0) is 42.6 Å². The number of rotatable bonds is 3. The van der Waals surface area contributed by atoms with Gasteiger partial charge in [-0.15, -0.1) is 0 Å². The molecule has 1 fully saturated rings. The van der Waals surface area contributed by atoms with E-state index in [1.165, 1.54) is 19.3 Å². The van der Waals surface area contributed by atoms with Crippen molar-refractivity contribution < 1.29 is 4.74 Å².